The van der Waals surface area contributed by atoms with Crippen molar-refractivity contribution in [3.63, 3.8) is 0 Å². The molecule has 1 aromatic heterocycles. The zero-order chi connectivity index (χ0) is 30.1. The molecule has 0 fully saturated rings. The van der Waals surface area contributed by atoms with E-state index in [1.807, 2.05) is 11.3 Å². The Morgan fingerprint density at radius 3 is 2.04 bits per heavy atom. The molecular weight excluding hydrogens is 563 g/mol. The highest BCUT2D eigenvalue weighted by molar-refractivity contribution is 7.26. The van der Waals surface area contributed by atoms with Crippen LogP contribution >= 0.6 is 11.3 Å². The number of thiophene rings is 1. The summed E-state index contributed by atoms with van der Waals surface area (Å²) in [5.74, 6) is 0. The molecule has 0 spiro atoms. The monoisotopic (exact) mass is 593 g/mol. The van der Waals surface area contributed by atoms with Crippen molar-refractivity contribution in [1.29, 1.82) is 0 Å². The molecule has 0 radical (unpaired) electrons. The van der Waals surface area contributed by atoms with Gasteiger partial charge in [0.15, 0.2) is 0 Å². The van der Waals surface area contributed by atoms with Gasteiger partial charge in [-0.3, -0.25) is 0 Å². The highest BCUT2D eigenvalue weighted by atomic mass is 32.1. The fraction of sp³-hybridized carbons (Fsp3) is 0.0698. The Bertz CT molecular complexity index is 2390. The van der Waals surface area contributed by atoms with Crippen molar-refractivity contribution in [2.24, 2.45) is 0 Å². The van der Waals surface area contributed by atoms with Crippen LogP contribution in [-0.4, -0.2) is 0 Å². The first-order valence-corrected chi connectivity index (χ1v) is 16.4. The minimum absolute atomic E-state index is 0.118. The molecule has 0 bridgehead atoms. The van der Waals surface area contributed by atoms with E-state index in [-0.39, 0.29) is 5.41 Å². The zero-order valence-corrected chi connectivity index (χ0v) is 26.1. The largest absolute Gasteiger partial charge is 0.310 e. The summed E-state index contributed by atoms with van der Waals surface area (Å²) in [6, 6.07) is 55.6. The molecule has 0 aliphatic heterocycles. The third kappa shape index (κ3) is 3.99. The Morgan fingerprint density at radius 2 is 1.20 bits per heavy atom. The normalized spacial score (nSPS) is 13.3. The van der Waals surface area contributed by atoms with Crippen molar-refractivity contribution in [3.8, 4) is 22.3 Å². The molecule has 0 amide bonds. The number of anilines is 3. The van der Waals surface area contributed by atoms with Crippen LogP contribution in [0.5, 0.6) is 0 Å². The Morgan fingerprint density at radius 1 is 0.511 bits per heavy atom. The predicted octanol–water partition coefficient (Wildman–Crippen LogP) is 12.7. The summed E-state index contributed by atoms with van der Waals surface area (Å²) in [5, 5.41) is 5.19. The molecule has 1 heterocycles. The molecule has 9 rings (SSSR count). The molecular formula is C43H31NS. The van der Waals surface area contributed by atoms with Gasteiger partial charge in [0.05, 0.1) is 5.69 Å². The summed E-state index contributed by atoms with van der Waals surface area (Å²) < 4.78 is 2.75. The van der Waals surface area contributed by atoms with E-state index in [2.05, 4.69) is 170 Å². The Kier molecular flexibility index (Phi) is 5.78. The molecule has 2 heteroatoms. The molecule has 1 aliphatic carbocycles. The highest BCUT2D eigenvalue weighted by Gasteiger charge is 2.37. The number of rotatable bonds is 4. The van der Waals surface area contributed by atoms with Crippen molar-refractivity contribution in [3.05, 3.63) is 163 Å². The summed E-state index contributed by atoms with van der Waals surface area (Å²) in [4.78, 5) is 2.44. The van der Waals surface area contributed by atoms with E-state index in [0.29, 0.717) is 0 Å². The summed E-state index contributed by atoms with van der Waals surface area (Å²) >= 11 is 1.93. The van der Waals surface area contributed by atoms with Crippen molar-refractivity contribution < 1.29 is 0 Å². The maximum absolute atomic E-state index is 2.45. The first kappa shape index (κ1) is 26.2. The van der Waals surface area contributed by atoms with Crippen molar-refractivity contribution >= 4 is 59.3 Å². The molecule has 0 unspecified atom stereocenters. The van der Waals surface area contributed by atoms with E-state index in [1.165, 1.54) is 75.7 Å². The van der Waals surface area contributed by atoms with E-state index in [0.717, 1.165) is 5.69 Å². The van der Waals surface area contributed by atoms with Gasteiger partial charge in [0, 0.05) is 47.9 Å². The summed E-state index contributed by atoms with van der Waals surface area (Å²) in [5.41, 5.74) is 11.4. The zero-order valence-electron chi connectivity index (χ0n) is 25.3. The number of hydrogen-bond acceptors (Lipinski definition) is 2. The molecule has 7 aromatic carbocycles. The maximum Gasteiger partial charge on any atom is 0.0540 e. The summed E-state index contributed by atoms with van der Waals surface area (Å²) in [6.45, 7) is 4.77. The number of hydrogen-bond donors (Lipinski definition) is 0. The van der Waals surface area contributed by atoms with Gasteiger partial charge in [-0.2, -0.15) is 0 Å². The van der Waals surface area contributed by atoms with E-state index in [9.17, 15) is 0 Å². The molecule has 8 aromatic rings. The average Bonchev–Trinajstić information content (AvgIpc) is 3.58. The number of nitrogens with zero attached hydrogens (tertiary/aromatic N) is 1. The quantitative estimate of drug-likeness (QED) is 0.196. The molecule has 1 aliphatic rings. The molecule has 1 nitrogen and oxygen atoms in total. The first-order chi connectivity index (χ1) is 22.1. The topological polar surface area (TPSA) is 3.24 Å². The fourth-order valence-corrected chi connectivity index (χ4v) is 8.66. The third-order valence-electron chi connectivity index (χ3n) is 9.66. The van der Waals surface area contributed by atoms with Crippen molar-refractivity contribution in [1.82, 2.24) is 0 Å². The minimum atomic E-state index is -0.118. The molecule has 0 saturated heterocycles. The first-order valence-electron chi connectivity index (χ1n) is 15.6. The van der Waals surface area contributed by atoms with E-state index in [4.69, 9.17) is 0 Å². The van der Waals surface area contributed by atoms with Crippen LogP contribution in [0.4, 0.5) is 17.1 Å². The van der Waals surface area contributed by atoms with Gasteiger partial charge in [-0.1, -0.05) is 129 Å². The molecule has 0 N–H and O–H groups in total. The second kappa shape index (κ2) is 9.92. The second-order valence-electron chi connectivity index (χ2n) is 12.6. The number of fused-ring (bicyclic) bond motifs is 8. The van der Waals surface area contributed by atoms with Crippen LogP contribution in [0, 0.1) is 0 Å². The van der Waals surface area contributed by atoms with Crippen LogP contribution in [-0.2, 0) is 5.41 Å². The lowest BCUT2D eigenvalue weighted by Gasteiger charge is -2.29. The summed E-state index contributed by atoms with van der Waals surface area (Å²) in [7, 11) is 0. The molecule has 0 saturated carbocycles. The fourth-order valence-electron chi connectivity index (χ4n) is 7.39. The predicted molar refractivity (Wildman–Crippen MR) is 195 cm³/mol. The van der Waals surface area contributed by atoms with Crippen molar-refractivity contribution in [2.75, 3.05) is 4.90 Å². The van der Waals surface area contributed by atoms with Gasteiger partial charge in [0.2, 0.25) is 0 Å². The third-order valence-corrected chi connectivity index (χ3v) is 10.9. The summed E-state index contributed by atoms with van der Waals surface area (Å²) in [6.07, 6.45) is 0. The Balaban J connectivity index is 1.25. The molecule has 0 atom stereocenters. The lowest BCUT2D eigenvalue weighted by Crippen LogP contribution is -2.16. The average molecular weight is 594 g/mol. The van der Waals surface area contributed by atoms with E-state index >= 15 is 0 Å². The lowest BCUT2D eigenvalue weighted by molar-refractivity contribution is 0.661. The van der Waals surface area contributed by atoms with E-state index < -0.39 is 0 Å². The standard InChI is InChI=1S/C43H31NS/c1-43(2)37-26-25-35-34-16-8-9-18-40(34)45-42(35)41(37)36-24-23-32(27-38(36)43)44(39-17-10-14-30-13-6-7-15-33(30)39)31-21-19-29(20-22-31)28-11-4-3-5-12-28/h3-27H,1-2H3. The van der Waals surface area contributed by atoms with Crippen LogP contribution in [0.25, 0.3) is 53.2 Å². The second-order valence-corrected chi connectivity index (χ2v) is 13.6. The van der Waals surface area contributed by atoms with Crippen LogP contribution in [0.2, 0.25) is 0 Å². The SMILES string of the molecule is CC1(C)c2cc(N(c3ccc(-c4ccccc4)cc3)c3cccc4ccccc34)ccc2-c2c1ccc1c2sc2ccccc21. The highest BCUT2D eigenvalue weighted by Crippen LogP contribution is 2.55. The maximum atomic E-state index is 2.45. The van der Waals surface area contributed by atoms with Gasteiger partial charge in [0.25, 0.3) is 0 Å². The minimum Gasteiger partial charge on any atom is -0.310 e. The Hall–Kier alpha value is -5.18. The van der Waals surface area contributed by atoms with Crippen LogP contribution < -0.4 is 4.90 Å². The van der Waals surface area contributed by atoms with Crippen LogP contribution in [0.3, 0.4) is 0 Å². The van der Waals surface area contributed by atoms with Gasteiger partial charge in [-0.15, -0.1) is 11.3 Å². The van der Waals surface area contributed by atoms with Gasteiger partial charge in [-0.05, 0) is 69.6 Å². The lowest BCUT2D eigenvalue weighted by atomic mass is 9.82. The Labute approximate surface area is 267 Å². The van der Waals surface area contributed by atoms with Gasteiger partial charge in [-0.25, -0.2) is 0 Å². The van der Waals surface area contributed by atoms with Gasteiger partial charge in [0.1, 0.15) is 0 Å². The number of benzene rings is 7. The molecule has 45 heavy (non-hydrogen) atoms. The van der Waals surface area contributed by atoms with Gasteiger partial charge < -0.3 is 4.90 Å². The van der Waals surface area contributed by atoms with Crippen LogP contribution in [0.1, 0.15) is 25.0 Å². The van der Waals surface area contributed by atoms with Crippen LogP contribution in [0.15, 0.2) is 152 Å². The van der Waals surface area contributed by atoms with Crippen molar-refractivity contribution in [2.45, 2.75) is 19.3 Å². The van der Waals surface area contributed by atoms with E-state index in [1.54, 1.807) is 0 Å². The van der Waals surface area contributed by atoms with Gasteiger partial charge >= 0.3 is 0 Å². The molecule has 214 valence electrons. The smallest absolute Gasteiger partial charge is 0.0540 e.